The standard InChI is InChI=1S/C11H17N3O2/c1-8(9-3-5-13-6-4-9)14-11(15)10(12)7-16-2/h3-6,8,10H,7,12H2,1-2H3,(H,14,15)/t8-,10?/m0/s1. The zero-order chi connectivity index (χ0) is 12.0. The number of ether oxygens (including phenoxy) is 1. The van der Waals surface area contributed by atoms with E-state index in [-0.39, 0.29) is 18.6 Å². The molecular weight excluding hydrogens is 206 g/mol. The van der Waals surface area contributed by atoms with Crippen molar-refractivity contribution >= 4 is 5.91 Å². The van der Waals surface area contributed by atoms with Crippen molar-refractivity contribution in [3.63, 3.8) is 0 Å². The lowest BCUT2D eigenvalue weighted by molar-refractivity contribution is -0.124. The second-order valence-corrected chi connectivity index (χ2v) is 3.57. The van der Waals surface area contributed by atoms with Gasteiger partial charge in [0.05, 0.1) is 12.6 Å². The molecule has 0 bridgehead atoms. The Hall–Kier alpha value is -1.46. The largest absolute Gasteiger partial charge is 0.383 e. The molecule has 0 saturated carbocycles. The molecule has 2 atom stereocenters. The Balaban J connectivity index is 2.51. The highest BCUT2D eigenvalue weighted by Crippen LogP contribution is 2.09. The van der Waals surface area contributed by atoms with E-state index >= 15 is 0 Å². The lowest BCUT2D eigenvalue weighted by Crippen LogP contribution is -2.44. The topological polar surface area (TPSA) is 77.2 Å². The molecule has 1 amide bonds. The number of nitrogens with one attached hydrogen (secondary N) is 1. The highest BCUT2D eigenvalue weighted by molar-refractivity contribution is 5.82. The van der Waals surface area contributed by atoms with Gasteiger partial charge in [0, 0.05) is 19.5 Å². The Morgan fingerprint density at radius 2 is 2.19 bits per heavy atom. The molecule has 0 spiro atoms. The molecule has 1 heterocycles. The highest BCUT2D eigenvalue weighted by atomic mass is 16.5. The Kier molecular flexibility index (Phi) is 4.88. The molecule has 0 aliphatic rings. The van der Waals surface area contributed by atoms with Gasteiger partial charge in [0.1, 0.15) is 6.04 Å². The van der Waals surface area contributed by atoms with Crippen molar-refractivity contribution in [2.24, 2.45) is 5.73 Å². The summed E-state index contributed by atoms with van der Waals surface area (Å²) in [6, 6.07) is 2.99. The predicted octanol–water partition coefficient (Wildman–Crippen LogP) is 0.233. The zero-order valence-corrected chi connectivity index (χ0v) is 9.51. The minimum atomic E-state index is -0.630. The van der Waals surface area contributed by atoms with Crippen LogP contribution in [0.5, 0.6) is 0 Å². The molecule has 0 aromatic carbocycles. The molecule has 1 aromatic heterocycles. The van der Waals surface area contributed by atoms with Crippen LogP contribution in [0.2, 0.25) is 0 Å². The van der Waals surface area contributed by atoms with Crippen LogP contribution >= 0.6 is 0 Å². The van der Waals surface area contributed by atoms with Gasteiger partial charge in [0.15, 0.2) is 0 Å². The summed E-state index contributed by atoms with van der Waals surface area (Å²) in [5, 5.41) is 2.81. The molecular formula is C11H17N3O2. The van der Waals surface area contributed by atoms with E-state index in [9.17, 15) is 4.79 Å². The zero-order valence-electron chi connectivity index (χ0n) is 9.51. The molecule has 1 rings (SSSR count). The summed E-state index contributed by atoms with van der Waals surface area (Å²) in [6.45, 7) is 2.11. The van der Waals surface area contributed by atoms with Crippen molar-refractivity contribution in [3.8, 4) is 0 Å². The van der Waals surface area contributed by atoms with Crippen molar-refractivity contribution in [1.29, 1.82) is 0 Å². The average Bonchev–Trinajstić information content (AvgIpc) is 2.30. The number of hydrogen-bond donors (Lipinski definition) is 2. The van der Waals surface area contributed by atoms with E-state index in [0.29, 0.717) is 0 Å². The summed E-state index contributed by atoms with van der Waals surface area (Å²) in [5.41, 5.74) is 6.60. The van der Waals surface area contributed by atoms with Crippen LogP contribution in [0.25, 0.3) is 0 Å². The normalized spacial score (nSPS) is 14.2. The lowest BCUT2D eigenvalue weighted by atomic mass is 10.1. The first-order chi connectivity index (χ1) is 7.65. The molecule has 1 unspecified atom stereocenters. The number of rotatable bonds is 5. The van der Waals surface area contributed by atoms with Gasteiger partial charge in [-0.25, -0.2) is 0 Å². The SMILES string of the molecule is COCC(N)C(=O)N[C@@H](C)c1ccncc1. The fourth-order valence-electron chi connectivity index (χ4n) is 1.31. The lowest BCUT2D eigenvalue weighted by Gasteiger charge is -2.17. The number of nitrogens with zero attached hydrogens (tertiary/aromatic N) is 1. The molecule has 0 aliphatic heterocycles. The monoisotopic (exact) mass is 223 g/mol. The van der Waals surface area contributed by atoms with Crippen molar-refractivity contribution in [2.45, 2.75) is 19.0 Å². The van der Waals surface area contributed by atoms with Crippen molar-refractivity contribution in [1.82, 2.24) is 10.3 Å². The van der Waals surface area contributed by atoms with Crippen molar-refractivity contribution < 1.29 is 9.53 Å². The summed E-state index contributed by atoms with van der Waals surface area (Å²) in [5.74, 6) is -0.217. The molecule has 0 aliphatic carbocycles. The van der Waals surface area contributed by atoms with E-state index in [0.717, 1.165) is 5.56 Å². The number of nitrogens with two attached hydrogens (primary N) is 1. The molecule has 5 heteroatoms. The second-order valence-electron chi connectivity index (χ2n) is 3.57. The molecule has 0 fully saturated rings. The first-order valence-corrected chi connectivity index (χ1v) is 5.10. The van der Waals surface area contributed by atoms with Gasteiger partial charge in [-0.05, 0) is 24.6 Å². The third kappa shape index (κ3) is 3.60. The number of aromatic nitrogens is 1. The maximum absolute atomic E-state index is 11.6. The summed E-state index contributed by atoms with van der Waals surface area (Å²) < 4.78 is 4.82. The third-order valence-electron chi connectivity index (χ3n) is 2.25. The second kappa shape index (κ2) is 6.19. The summed E-state index contributed by atoms with van der Waals surface area (Å²) in [6.07, 6.45) is 3.38. The molecule has 0 saturated heterocycles. The Morgan fingerprint density at radius 3 is 2.75 bits per heavy atom. The van der Waals surface area contributed by atoms with E-state index in [4.69, 9.17) is 10.5 Å². The number of carbonyl (C=O) groups is 1. The average molecular weight is 223 g/mol. The van der Waals surface area contributed by atoms with Gasteiger partial charge in [0.25, 0.3) is 0 Å². The van der Waals surface area contributed by atoms with Crippen LogP contribution in [0.4, 0.5) is 0 Å². The van der Waals surface area contributed by atoms with E-state index in [1.54, 1.807) is 12.4 Å². The Labute approximate surface area is 95.0 Å². The van der Waals surface area contributed by atoms with Crippen LogP contribution in [-0.4, -0.2) is 30.6 Å². The third-order valence-corrected chi connectivity index (χ3v) is 2.25. The molecule has 3 N–H and O–H groups in total. The fourth-order valence-corrected chi connectivity index (χ4v) is 1.31. The number of amides is 1. The molecule has 5 nitrogen and oxygen atoms in total. The maximum atomic E-state index is 11.6. The number of methoxy groups -OCH3 is 1. The number of carbonyl (C=O) groups excluding carboxylic acids is 1. The highest BCUT2D eigenvalue weighted by Gasteiger charge is 2.15. The smallest absolute Gasteiger partial charge is 0.239 e. The summed E-state index contributed by atoms with van der Waals surface area (Å²) in [7, 11) is 1.51. The predicted molar refractivity (Wildman–Crippen MR) is 60.6 cm³/mol. The van der Waals surface area contributed by atoms with Crippen LogP contribution in [0, 0.1) is 0 Å². The van der Waals surface area contributed by atoms with Gasteiger partial charge >= 0.3 is 0 Å². The van der Waals surface area contributed by atoms with Crippen LogP contribution in [0.3, 0.4) is 0 Å². The van der Waals surface area contributed by atoms with Gasteiger partial charge in [-0.1, -0.05) is 0 Å². The van der Waals surface area contributed by atoms with E-state index in [1.807, 2.05) is 19.1 Å². The van der Waals surface area contributed by atoms with Gasteiger partial charge in [-0.2, -0.15) is 0 Å². The van der Waals surface area contributed by atoms with E-state index in [2.05, 4.69) is 10.3 Å². The molecule has 0 radical (unpaired) electrons. The minimum absolute atomic E-state index is 0.0848. The summed E-state index contributed by atoms with van der Waals surface area (Å²) >= 11 is 0. The number of hydrogen-bond acceptors (Lipinski definition) is 4. The molecule has 16 heavy (non-hydrogen) atoms. The van der Waals surface area contributed by atoms with Crippen LogP contribution < -0.4 is 11.1 Å². The van der Waals surface area contributed by atoms with Crippen LogP contribution in [0.15, 0.2) is 24.5 Å². The fraction of sp³-hybridized carbons (Fsp3) is 0.455. The maximum Gasteiger partial charge on any atom is 0.239 e. The van der Waals surface area contributed by atoms with Crippen LogP contribution in [0.1, 0.15) is 18.5 Å². The summed E-state index contributed by atoms with van der Waals surface area (Å²) in [4.78, 5) is 15.5. The van der Waals surface area contributed by atoms with Crippen molar-refractivity contribution in [2.75, 3.05) is 13.7 Å². The number of pyridine rings is 1. The first-order valence-electron chi connectivity index (χ1n) is 5.10. The van der Waals surface area contributed by atoms with Gasteiger partial charge in [-0.3, -0.25) is 9.78 Å². The van der Waals surface area contributed by atoms with Crippen LogP contribution in [-0.2, 0) is 9.53 Å². The Morgan fingerprint density at radius 1 is 1.56 bits per heavy atom. The molecule has 1 aromatic rings. The van der Waals surface area contributed by atoms with Gasteiger partial charge in [-0.15, -0.1) is 0 Å². The van der Waals surface area contributed by atoms with Gasteiger partial charge in [0.2, 0.25) is 5.91 Å². The van der Waals surface area contributed by atoms with E-state index < -0.39 is 6.04 Å². The first kappa shape index (κ1) is 12.6. The van der Waals surface area contributed by atoms with Crippen molar-refractivity contribution in [3.05, 3.63) is 30.1 Å². The minimum Gasteiger partial charge on any atom is -0.383 e. The van der Waals surface area contributed by atoms with E-state index in [1.165, 1.54) is 7.11 Å². The quantitative estimate of drug-likeness (QED) is 0.749. The Bertz CT molecular complexity index is 329. The molecule has 88 valence electrons. The van der Waals surface area contributed by atoms with Gasteiger partial charge < -0.3 is 15.8 Å².